The molecular formula is C19H22N2. The molecule has 0 bridgehead atoms. The lowest BCUT2D eigenvalue weighted by atomic mass is 9.97. The van der Waals surface area contributed by atoms with Gasteiger partial charge in [0.25, 0.3) is 0 Å². The van der Waals surface area contributed by atoms with Crippen molar-refractivity contribution in [1.82, 2.24) is 0 Å². The first-order valence-corrected chi connectivity index (χ1v) is 7.96. The maximum absolute atomic E-state index is 6.09. The van der Waals surface area contributed by atoms with Crippen LogP contribution < -0.4 is 10.6 Å². The van der Waals surface area contributed by atoms with E-state index in [2.05, 4.69) is 54.3 Å². The summed E-state index contributed by atoms with van der Waals surface area (Å²) < 4.78 is 0. The van der Waals surface area contributed by atoms with Crippen LogP contribution in [0.3, 0.4) is 0 Å². The average Bonchev–Trinajstić information content (AvgIpc) is 2.84. The number of hydrogen-bond donors (Lipinski definition) is 1. The second-order valence-electron chi connectivity index (χ2n) is 6.50. The fourth-order valence-corrected chi connectivity index (χ4v) is 3.90. The standard InChI is InChI=1S/C19H22N2/c1-13-10-16(20)8-9-21(13)17-6-7-19-15(12-17)11-14-4-2-3-5-18(14)19/h2-7,12-13,16H,8-11,20H2,1H3. The highest BCUT2D eigenvalue weighted by Crippen LogP contribution is 2.39. The summed E-state index contributed by atoms with van der Waals surface area (Å²) in [6.45, 7) is 3.37. The van der Waals surface area contributed by atoms with Crippen molar-refractivity contribution in [2.24, 2.45) is 5.73 Å². The summed E-state index contributed by atoms with van der Waals surface area (Å²) in [5, 5.41) is 0. The van der Waals surface area contributed by atoms with Gasteiger partial charge in [-0.05, 0) is 60.6 Å². The molecule has 2 aliphatic rings. The molecule has 1 aliphatic heterocycles. The highest BCUT2D eigenvalue weighted by Gasteiger charge is 2.25. The van der Waals surface area contributed by atoms with Crippen LogP contribution in [0, 0.1) is 0 Å². The van der Waals surface area contributed by atoms with E-state index in [0.717, 1.165) is 25.8 Å². The van der Waals surface area contributed by atoms with Crippen molar-refractivity contribution >= 4 is 5.69 Å². The Kier molecular flexibility index (Phi) is 3.00. The summed E-state index contributed by atoms with van der Waals surface area (Å²) in [5.41, 5.74) is 13.2. The van der Waals surface area contributed by atoms with E-state index in [1.54, 1.807) is 0 Å². The Morgan fingerprint density at radius 2 is 1.86 bits per heavy atom. The van der Waals surface area contributed by atoms with Gasteiger partial charge in [0.15, 0.2) is 0 Å². The molecule has 2 aromatic carbocycles. The van der Waals surface area contributed by atoms with Gasteiger partial charge in [0.05, 0.1) is 0 Å². The molecule has 1 fully saturated rings. The number of hydrogen-bond acceptors (Lipinski definition) is 2. The Hall–Kier alpha value is -1.80. The number of anilines is 1. The molecule has 4 rings (SSSR count). The summed E-state index contributed by atoms with van der Waals surface area (Å²) in [5.74, 6) is 0. The minimum Gasteiger partial charge on any atom is -0.369 e. The first-order valence-electron chi connectivity index (χ1n) is 7.96. The van der Waals surface area contributed by atoms with E-state index in [1.165, 1.54) is 27.9 Å². The van der Waals surface area contributed by atoms with Gasteiger partial charge >= 0.3 is 0 Å². The van der Waals surface area contributed by atoms with Crippen molar-refractivity contribution in [3.63, 3.8) is 0 Å². The molecule has 0 amide bonds. The Balaban J connectivity index is 1.67. The topological polar surface area (TPSA) is 29.3 Å². The van der Waals surface area contributed by atoms with Crippen LogP contribution >= 0.6 is 0 Å². The molecule has 2 nitrogen and oxygen atoms in total. The van der Waals surface area contributed by atoms with Crippen LogP contribution in [0.15, 0.2) is 42.5 Å². The Bertz CT molecular complexity index is 677. The quantitative estimate of drug-likeness (QED) is 0.737. The summed E-state index contributed by atoms with van der Waals surface area (Å²) in [4.78, 5) is 2.52. The molecule has 0 spiro atoms. The van der Waals surface area contributed by atoms with Crippen LogP contribution in [0.1, 0.15) is 30.9 Å². The Labute approximate surface area is 126 Å². The van der Waals surface area contributed by atoms with Crippen molar-refractivity contribution in [1.29, 1.82) is 0 Å². The highest BCUT2D eigenvalue weighted by molar-refractivity contribution is 5.78. The second kappa shape index (κ2) is 4.88. The van der Waals surface area contributed by atoms with E-state index in [9.17, 15) is 0 Å². The SMILES string of the molecule is CC1CC(N)CCN1c1ccc2c(c1)Cc1ccccc1-2. The van der Waals surface area contributed by atoms with Crippen LogP contribution in [0.5, 0.6) is 0 Å². The molecule has 2 aromatic rings. The van der Waals surface area contributed by atoms with E-state index >= 15 is 0 Å². The van der Waals surface area contributed by atoms with Gasteiger partial charge in [-0.2, -0.15) is 0 Å². The van der Waals surface area contributed by atoms with Crippen LogP contribution in [0.25, 0.3) is 11.1 Å². The molecular weight excluding hydrogens is 256 g/mol. The van der Waals surface area contributed by atoms with Crippen molar-refractivity contribution in [3.05, 3.63) is 53.6 Å². The third kappa shape index (κ3) is 2.14. The maximum Gasteiger partial charge on any atom is 0.0371 e. The molecule has 2 heteroatoms. The Morgan fingerprint density at radius 1 is 1.05 bits per heavy atom. The fraction of sp³-hybridized carbons (Fsp3) is 0.368. The van der Waals surface area contributed by atoms with Gasteiger partial charge in [0, 0.05) is 24.3 Å². The molecule has 2 unspecified atom stereocenters. The van der Waals surface area contributed by atoms with Crippen molar-refractivity contribution in [2.75, 3.05) is 11.4 Å². The van der Waals surface area contributed by atoms with E-state index in [-0.39, 0.29) is 0 Å². The van der Waals surface area contributed by atoms with E-state index in [0.29, 0.717) is 12.1 Å². The number of piperidine rings is 1. The van der Waals surface area contributed by atoms with Crippen molar-refractivity contribution in [3.8, 4) is 11.1 Å². The predicted molar refractivity (Wildman–Crippen MR) is 88.7 cm³/mol. The summed E-state index contributed by atoms with van der Waals surface area (Å²) in [6, 6.07) is 16.6. The lowest BCUT2D eigenvalue weighted by Gasteiger charge is -2.38. The molecule has 2 atom stereocenters. The number of benzene rings is 2. The minimum atomic E-state index is 0.370. The Morgan fingerprint density at radius 3 is 2.71 bits per heavy atom. The number of rotatable bonds is 1. The van der Waals surface area contributed by atoms with Gasteiger partial charge in [-0.25, -0.2) is 0 Å². The normalized spacial score (nSPS) is 23.8. The minimum absolute atomic E-state index is 0.370. The largest absolute Gasteiger partial charge is 0.369 e. The fourth-order valence-electron chi connectivity index (χ4n) is 3.90. The second-order valence-corrected chi connectivity index (χ2v) is 6.50. The third-order valence-electron chi connectivity index (χ3n) is 5.03. The number of nitrogens with zero attached hydrogens (tertiary/aromatic N) is 1. The zero-order valence-corrected chi connectivity index (χ0v) is 12.5. The third-order valence-corrected chi connectivity index (χ3v) is 5.03. The molecule has 108 valence electrons. The zero-order valence-electron chi connectivity index (χ0n) is 12.5. The zero-order chi connectivity index (χ0) is 14.4. The number of nitrogens with two attached hydrogens (primary N) is 1. The van der Waals surface area contributed by atoms with Crippen LogP contribution in [-0.2, 0) is 6.42 Å². The molecule has 2 N–H and O–H groups in total. The molecule has 1 aliphatic carbocycles. The molecule has 21 heavy (non-hydrogen) atoms. The predicted octanol–water partition coefficient (Wildman–Crippen LogP) is 3.57. The van der Waals surface area contributed by atoms with Gasteiger partial charge in [-0.15, -0.1) is 0 Å². The summed E-state index contributed by atoms with van der Waals surface area (Å²) >= 11 is 0. The van der Waals surface area contributed by atoms with E-state index in [1.807, 2.05) is 0 Å². The summed E-state index contributed by atoms with van der Waals surface area (Å²) in [7, 11) is 0. The molecule has 0 radical (unpaired) electrons. The van der Waals surface area contributed by atoms with Crippen LogP contribution in [0.2, 0.25) is 0 Å². The van der Waals surface area contributed by atoms with Gasteiger partial charge < -0.3 is 10.6 Å². The van der Waals surface area contributed by atoms with Gasteiger partial charge in [0.1, 0.15) is 0 Å². The van der Waals surface area contributed by atoms with Crippen LogP contribution in [-0.4, -0.2) is 18.6 Å². The molecule has 0 aromatic heterocycles. The summed E-state index contributed by atoms with van der Waals surface area (Å²) in [6.07, 6.45) is 3.26. The van der Waals surface area contributed by atoms with Crippen LogP contribution in [0.4, 0.5) is 5.69 Å². The van der Waals surface area contributed by atoms with Gasteiger partial charge in [0.2, 0.25) is 0 Å². The average molecular weight is 278 g/mol. The van der Waals surface area contributed by atoms with Crippen molar-refractivity contribution < 1.29 is 0 Å². The van der Waals surface area contributed by atoms with Gasteiger partial charge in [-0.1, -0.05) is 30.3 Å². The molecule has 1 heterocycles. The van der Waals surface area contributed by atoms with E-state index < -0.39 is 0 Å². The smallest absolute Gasteiger partial charge is 0.0371 e. The lowest BCUT2D eigenvalue weighted by molar-refractivity contribution is 0.430. The highest BCUT2D eigenvalue weighted by atomic mass is 15.2. The lowest BCUT2D eigenvalue weighted by Crippen LogP contribution is -2.45. The molecule has 0 saturated carbocycles. The first-order chi connectivity index (χ1) is 10.2. The van der Waals surface area contributed by atoms with Crippen molar-refractivity contribution in [2.45, 2.75) is 38.3 Å². The van der Waals surface area contributed by atoms with Gasteiger partial charge in [-0.3, -0.25) is 0 Å². The monoisotopic (exact) mass is 278 g/mol. The molecule has 1 saturated heterocycles. The number of fused-ring (bicyclic) bond motifs is 3. The van der Waals surface area contributed by atoms with E-state index in [4.69, 9.17) is 5.73 Å². The maximum atomic E-state index is 6.09. The first kappa shape index (κ1) is 12.9.